The van der Waals surface area contributed by atoms with Crippen LogP contribution in [0.1, 0.15) is 5.56 Å². The van der Waals surface area contributed by atoms with Gasteiger partial charge in [-0.25, -0.2) is 4.21 Å². The molecule has 0 heterocycles. The molecule has 0 bridgehead atoms. The molecule has 6 heteroatoms. The van der Waals surface area contributed by atoms with Gasteiger partial charge in [-0.2, -0.15) is 0 Å². The van der Waals surface area contributed by atoms with Crippen LogP contribution in [0.2, 0.25) is 0 Å². The monoisotopic (exact) mass is 232 g/mol. The van der Waals surface area contributed by atoms with Gasteiger partial charge in [0.2, 0.25) is 0 Å². The molecule has 0 fully saturated rings. The van der Waals surface area contributed by atoms with Crippen molar-refractivity contribution in [1.82, 2.24) is 0 Å². The summed E-state index contributed by atoms with van der Waals surface area (Å²) < 4.78 is 19.0. The predicted octanol–water partition coefficient (Wildman–Crippen LogP) is 0.764. The molecular weight excluding hydrogens is 220 g/mol. The summed E-state index contributed by atoms with van der Waals surface area (Å²) in [5.41, 5.74) is 10.3. The third kappa shape index (κ3) is 6.53. The van der Waals surface area contributed by atoms with E-state index in [-0.39, 0.29) is 5.11 Å². The van der Waals surface area contributed by atoms with Gasteiger partial charge < -0.3 is 16.0 Å². The SMILES string of the molecule is Cc1ccc(S(=O)O)cc1.NC(N)=S. The first-order valence-electron chi connectivity index (χ1n) is 3.66. The molecule has 0 aliphatic rings. The highest BCUT2D eigenvalue weighted by molar-refractivity contribution is 7.80. The molecule has 0 amide bonds. The van der Waals surface area contributed by atoms with Crippen molar-refractivity contribution < 1.29 is 8.76 Å². The maximum Gasteiger partial charge on any atom is 0.186 e. The van der Waals surface area contributed by atoms with Gasteiger partial charge in [-0.15, -0.1) is 0 Å². The summed E-state index contributed by atoms with van der Waals surface area (Å²) in [5, 5.41) is 0.000000000000000222. The molecule has 0 spiro atoms. The molecule has 1 atom stereocenters. The smallest absolute Gasteiger partial charge is 0.186 e. The maximum atomic E-state index is 10.4. The van der Waals surface area contributed by atoms with Gasteiger partial charge in [0, 0.05) is 0 Å². The van der Waals surface area contributed by atoms with Gasteiger partial charge in [0.05, 0.1) is 4.90 Å². The first-order chi connectivity index (χ1) is 6.43. The van der Waals surface area contributed by atoms with Crippen LogP contribution in [-0.4, -0.2) is 13.9 Å². The number of thiocarbonyl (C=S) groups is 1. The van der Waals surface area contributed by atoms with Crippen LogP contribution >= 0.6 is 12.2 Å². The lowest BCUT2D eigenvalue weighted by molar-refractivity contribution is 0.564. The predicted molar refractivity (Wildman–Crippen MR) is 61.2 cm³/mol. The zero-order valence-electron chi connectivity index (χ0n) is 7.64. The third-order valence-corrected chi connectivity index (χ3v) is 1.90. The maximum absolute atomic E-state index is 10.4. The Labute approximate surface area is 90.6 Å². The average molecular weight is 232 g/mol. The van der Waals surface area contributed by atoms with Gasteiger partial charge in [-0.1, -0.05) is 17.7 Å². The van der Waals surface area contributed by atoms with E-state index in [2.05, 4.69) is 23.7 Å². The molecule has 4 nitrogen and oxygen atoms in total. The van der Waals surface area contributed by atoms with Gasteiger partial charge in [-0.3, -0.25) is 0 Å². The highest BCUT2D eigenvalue weighted by Gasteiger charge is 1.95. The molecular formula is C8H12N2O2S2. The minimum atomic E-state index is -1.84. The molecule has 14 heavy (non-hydrogen) atoms. The zero-order valence-corrected chi connectivity index (χ0v) is 9.27. The molecule has 1 rings (SSSR count). The van der Waals surface area contributed by atoms with Crippen molar-refractivity contribution >= 4 is 28.4 Å². The molecule has 1 aromatic carbocycles. The third-order valence-electron chi connectivity index (χ3n) is 1.22. The van der Waals surface area contributed by atoms with Crippen LogP contribution in [0.3, 0.4) is 0 Å². The largest absolute Gasteiger partial charge is 0.377 e. The van der Waals surface area contributed by atoms with E-state index in [0.717, 1.165) is 5.56 Å². The van der Waals surface area contributed by atoms with E-state index >= 15 is 0 Å². The Bertz CT molecular complexity index is 321. The lowest BCUT2D eigenvalue weighted by Gasteiger charge is -1.93. The molecule has 78 valence electrons. The quantitative estimate of drug-likeness (QED) is 0.491. The molecule has 0 saturated carbocycles. The van der Waals surface area contributed by atoms with Gasteiger partial charge in [-0.05, 0) is 31.3 Å². The Hall–Kier alpha value is -0.980. The van der Waals surface area contributed by atoms with Crippen LogP contribution in [0.4, 0.5) is 0 Å². The van der Waals surface area contributed by atoms with Crippen LogP contribution in [0.25, 0.3) is 0 Å². The molecule has 5 N–H and O–H groups in total. The minimum absolute atomic E-state index is 0.000000000000000222. The van der Waals surface area contributed by atoms with Crippen molar-refractivity contribution in [3.05, 3.63) is 29.8 Å². The zero-order chi connectivity index (χ0) is 11.1. The summed E-state index contributed by atoms with van der Waals surface area (Å²) in [5.74, 6) is 0. The number of rotatable bonds is 1. The summed E-state index contributed by atoms with van der Waals surface area (Å²) in [6, 6.07) is 6.91. The first-order valence-corrected chi connectivity index (χ1v) is 5.17. The second-order valence-electron chi connectivity index (χ2n) is 2.46. The lowest BCUT2D eigenvalue weighted by atomic mass is 10.2. The van der Waals surface area contributed by atoms with Crippen LogP contribution in [0.15, 0.2) is 29.2 Å². The topological polar surface area (TPSA) is 89.3 Å². The van der Waals surface area contributed by atoms with E-state index in [1.807, 2.05) is 19.1 Å². The summed E-state index contributed by atoms with van der Waals surface area (Å²) in [4.78, 5) is 0.450. The molecule has 0 aliphatic heterocycles. The second kappa shape index (κ2) is 6.47. The van der Waals surface area contributed by atoms with Crippen molar-refractivity contribution in [2.45, 2.75) is 11.8 Å². The van der Waals surface area contributed by atoms with E-state index in [4.69, 9.17) is 4.55 Å². The fourth-order valence-corrected chi connectivity index (χ4v) is 1.02. The van der Waals surface area contributed by atoms with Crippen LogP contribution in [0.5, 0.6) is 0 Å². The molecule has 0 saturated heterocycles. The Morgan fingerprint density at radius 2 is 1.71 bits per heavy atom. The van der Waals surface area contributed by atoms with Crippen molar-refractivity contribution in [1.29, 1.82) is 0 Å². The molecule has 1 unspecified atom stereocenters. The van der Waals surface area contributed by atoms with Gasteiger partial charge in [0.15, 0.2) is 16.2 Å². The number of hydrogen-bond acceptors (Lipinski definition) is 2. The van der Waals surface area contributed by atoms with Crippen LogP contribution < -0.4 is 11.5 Å². The number of nitrogens with two attached hydrogens (primary N) is 2. The fourth-order valence-electron chi connectivity index (χ4n) is 0.655. The molecule has 0 radical (unpaired) electrons. The number of benzene rings is 1. The average Bonchev–Trinajstić information content (AvgIpc) is 2.03. The fraction of sp³-hybridized carbons (Fsp3) is 0.125. The Morgan fingerprint density at radius 3 is 2.00 bits per heavy atom. The normalized spacial score (nSPS) is 11.0. The minimum Gasteiger partial charge on any atom is -0.377 e. The van der Waals surface area contributed by atoms with Gasteiger partial charge in [0.1, 0.15) is 0 Å². The summed E-state index contributed by atoms with van der Waals surface area (Å²) in [7, 11) is 0. The van der Waals surface area contributed by atoms with Crippen molar-refractivity contribution in [3.8, 4) is 0 Å². The summed E-state index contributed by atoms with van der Waals surface area (Å²) in [6.07, 6.45) is 0. The number of hydrogen-bond donors (Lipinski definition) is 3. The Morgan fingerprint density at radius 1 is 1.36 bits per heavy atom. The van der Waals surface area contributed by atoms with E-state index in [9.17, 15) is 4.21 Å². The van der Waals surface area contributed by atoms with Crippen LogP contribution in [0, 0.1) is 6.92 Å². The van der Waals surface area contributed by atoms with Gasteiger partial charge in [0.25, 0.3) is 0 Å². The van der Waals surface area contributed by atoms with Crippen LogP contribution in [-0.2, 0) is 11.1 Å². The molecule has 0 aliphatic carbocycles. The van der Waals surface area contributed by atoms with E-state index < -0.39 is 11.1 Å². The van der Waals surface area contributed by atoms with E-state index in [0.29, 0.717) is 4.90 Å². The highest BCUT2D eigenvalue weighted by Crippen LogP contribution is 2.05. The van der Waals surface area contributed by atoms with E-state index in [1.165, 1.54) is 0 Å². The van der Waals surface area contributed by atoms with Crippen molar-refractivity contribution in [2.24, 2.45) is 11.5 Å². The Balaban J connectivity index is 0.000000364. The Kier molecular flexibility index (Phi) is 6.02. The number of aryl methyl sites for hydroxylation is 1. The van der Waals surface area contributed by atoms with Gasteiger partial charge >= 0.3 is 0 Å². The van der Waals surface area contributed by atoms with E-state index in [1.54, 1.807) is 12.1 Å². The summed E-state index contributed by atoms with van der Waals surface area (Å²) >= 11 is 2.26. The summed E-state index contributed by atoms with van der Waals surface area (Å²) in [6.45, 7) is 1.93. The molecule has 0 aromatic heterocycles. The highest BCUT2D eigenvalue weighted by atomic mass is 32.2. The molecule has 1 aromatic rings. The van der Waals surface area contributed by atoms with Crippen molar-refractivity contribution in [3.63, 3.8) is 0 Å². The van der Waals surface area contributed by atoms with Crippen molar-refractivity contribution in [2.75, 3.05) is 0 Å². The second-order valence-corrected chi connectivity index (χ2v) is 3.91. The lowest BCUT2D eigenvalue weighted by Crippen LogP contribution is -2.18. The first kappa shape index (κ1) is 13.0. The standard InChI is InChI=1S/C7H8O2S.CH4N2S/c1-6-2-4-7(5-3-6)10(8)9;2-1(3)4/h2-5H,1H3,(H,8,9);(H4,2,3,4).